The van der Waals surface area contributed by atoms with Crippen LogP contribution in [-0.4, -0.2) is 26.1 Å². The van der Waals surface area contributed by atoms with E-state index < -0.39 is 0 Å². The van der Waals surface area contributed by atoms with Crippen LogP contribution in [0.5, 0.6) is 0 Å². The van der Waals surface area contributed by atoms with E-state index >= 15 is 0 Å². The van der Waals surface area contributed by atoms with E-state index in [1.807, 2.05) is 35.6 Å². The third kappa shape index (κ3) is 2.87. The molecule has 0 unspecified atom stereocenters. The van der Waals surface area contributed by atoms with Crippen molar-refractivity contribution in [3.05, 3.63) is 34.9 Å². The number of nitrogens with one attached hydrogen (secondary N) is 1. The Kier molecular flexibility index (Phi) is 3.81. The molecule has 0 aliphatic rings. The van der Waals surface area contributed by atoms with Crippen molar-refractivity contribution in [1.82, 2.24) is 24.9 Å². The van der Waals surface area contributed by atoms with Crippen molar-refractivity contribution in [1.29, 1.82) is 0 Å². The normalized spacial score (nSPS) is 11.0. The summed E-state index contributed by atoms with van der Waals surface area (Å²) in [6.07, 6.45) is 3.73. The largest absolute Gasteiger partial charge is 0.309 e. The number of hydrogen-bond donors (Lipinski definition) is 1. The molecule has 0 saturated heterocycles. The minimum Gasteiger partial charge on any atom is -0.309 e. The number of aryl methyl sites for hydroxylation is 2. The summed E-state index contributed by atoms with van der Waals surface area (Å²) >= 11 is 6.15. The van der Waals surface area contributed by atoms with E-state index in [-0.39, 0.29) is 0 Å². The highest BCUT2D eigenvalue weighted by Gasteiger charge is 2.09. The van der Waals surface area contributed by atoms with Gasteiger partial charge in [-0.1, -0.05) is 11.6 Å². The van der Waals surface area contributed by atoms with Gasteiger partial charge < -0.3 is 5.32 Å². The lowest BCUT2D eigenvalue weighted by Gasteiger charge is -2.06. The highest BCUT2D eigenvalue weighted by molar-refractivity contribution is 6.31. The van der Waals surface area contributed by atoms with Gasteiger partial charge in [-0.3, -0.25) is 9.36 Å². The minimum absolute atomic E-state index is 0.720. The maximum atomic E-state index is 6.15. The lowest BCUT2D eigenvalue weighted by Crippen LogP contribution is -2.21. The molecule has 2 rings (SSSR count). The predicted molar refractivity (Wildman–Crippen MR) is 66.9 cm³/mol. The molecule has 5 nitrogen and oxygen atoms in total. The van der Waals surface area contributed by atoms with Crippen LogP contribution in [0.3, 0.4) is 0 Å². The van der Waals surface area contributed by atoms with Crippen LogP contribution in [0.4, 0.5) is 0 Å². The standard InChI is InChI=1S/C11H16ClN5/c1-9-11(12)10(16(2)15-9)8-13-5-7-17-6-3-4-14-17/h3-4,6,13H,5,7-8H2,1-2H3. The van der Waals surface area contributed by atoms with E-state index in [4.69, 9.17) is 11.6 Å². The minimum atomic E-state index is 0.720. The first kappa shape index (κ1) is 12.1. The van der Waals surface area contributed by atoms with Crippen molar-refractivity contribution >= 4 is 11.6 Å². The van der Waals surface area contributed by atoms with Crippen molar-refractivity contribution in [2.24, 2.45) is 7.05 Å². The van der Waals surface area contributed by atoms with Gasteiger partial charge in [0.05, 0.1) is 23.0 Å². The molecule has 2 aromatic heterocycles. The van der Waals surface area contributed by atoms with Crippen LogP contribution in [-0.2, 0) is 20.1 Å². The lowest BCUT2D eigenvalue weighted by atomic mass is 10.3. The average molecular weight is 254 g/mol. The predicted octanol–water partition coefficient (Wildman–Crippen LogP) is 1.37. The zero-order valence-electron chi connectivity index (χ0n) is 10.0. The molecule has 6 heteroatoms. The Morgan fingerprint density at radius 3 is 2.88 bits per heavy atom. The monoisotopic (exact) mass is 253 g/mol. The quantitative estimate of drug-likeness (QED) is 0.819. The van der Waals surface area contributed by atoms with E-state index in [1.54, 1.807) is 6.20 Å². The van der Waals surface area contributed by atoms with Crippen LogP contribution >= 0.6 is 11.6 Å². The summed E-state index contributed by atoms with van der Waals surface area (Å²) < 4.78 is 3.71. The number of hydrogen-bond acceptors (Lipinski definition) is 3. The highest BCUT2D eigenvalue weighted by atomic mass is 35.5. The second kappa shape index (κ2) is 5.33. The van der Waals surface area contributed by atoms with E-state index in [9.17, 15) is 0 Å². The topological polar surface area (TPSA) is 47.7 Å². The first-order valence-corrected chi connectivity index (χ1v) is 5.92. The Hall–Kier alpha value is -1.33. The van der Waals surface area contributed by atoms with Gasteiger partial charge in [0, 0.05) is 32.5 Å². The molecule has 2 aromatic rings. The maximum Gasteiger partial charge on any atom is 0.0860 e. The van der Waals surface area contributed by atoms with Gasteiger partial charge in [-0.05, 0) is 13.0 Å². The molecule has 0 radical (unpaired) electrons. The summed E-state index contributed by atoms with van der Waals surface area (Å²) in [6, 6.07) is 1.92. The Morgan fingerprint density at radius 1 is 1.47 bits per heavy atom. The van der Waals surface area contributed by atoms with Crippen LogP contribution in [0.15, 0.2) is 18.5 Å². The fourth-order valence-electron chi connectivity index (χ4n) is 1.71. The Balaban J connectivity index is 1.82. The second-order valence-electron chi connectivity index (χ2n) is 3.92. The van der Waals surface area contributed by atoms with Gasteiger partial charge in [0.15, 0.2) is 0 Å². The zero-order chi connectivity index (χ0) is 12.3. The van der Waals surface area contributed by atoms with Crippen LogP contribution in [0.2, 0.25) is 5.02 Å². The number of halogens is 1. The molecular formula is C11H16ClN5. The van der Waals surface area contributed by atoms with Gasteiger partial charge in [-0.25, -0.2) is 0 Å². The maximum absolute atomic E-state index is 6.15. The van der Waals surface area contributed by atoms with Crippen molar-refractivity contribution in [3.63, 3.8) is 0 Å². The average Bonchev–Trinajstić information content (AvgIpc) is 2.87. The molecule has 92 valence electrons. The Labute approximate surface area is 105 Å². The number of rotatable bonds is 5. The van der Waals surface area contributed by atoms with Gasteiger partial charge >= 0.3 is 0 Å². The Bertz CT molecular complexity index is 474. The summed E-state index contributed by atoms with van der Waals surface area (Å²) in [4.78, 5) is 0. The summed E-state index contributed by atoms with van der Waals surface area (Å²) in [7, 11) is 1.91. The van der Waals surface area contributed by atoms with Crippen LogP contribution in [0.25, 0.3) is 0 Å². The van der Waals surface area contributed by atoms with Crippen LogP contribution in [0.1, 0.15) is 11.4 Å². The fourth-order valence-corrected chi connectivity index (χ4v) is 1.93. The van der Waals surface area contributed by atoms with Gasteiger partial charge in [-0.15, -0.1) is 0 Å². The molecule has 0 aliphatic carbocycles. The molecule has 0 saturated carbocycles. The molecule has 2 heterocycles. The lowest BCUT2D eigenvalue weighted by molar-refractivity contribution is 0.542. The van der Waals surface area contributed by atoms with E-state index in [1.165, 1.54) is 0 Å². The van der Waals surface area contributed by atoms with E-state index in [0.29, 0.717) is 0 Å². The highest BCUT2D eigenvalue weighted by Crippen LogP contribution is 2.18. The first-order valence-electron chi connectivity index (χ1n) is 5.54. The van der Waals surface area contributed by atoms with Crippen molar-refractivity contribution in [2.75, 3.05) is 6.54 Å². The van der Waals surface area contributed by atoms with Gasteiger partial charge in [0.2, 0.25) is 0 Å². The molecule has 0 bridgehead atoms. The third-order valence-corrected chi connectivity index (χ3v) is 3.12. The fraction of sp³-hybridized carbons (Fsp3) is 0.455. The van der Waals surface area contributed by atoms with E-state index in [2.05, 4.69) is 15.5 Å². The molecule has 0 aliphatic heterocycles. The molecule has 0 atom stereocenters. The first-order chi connectivity index (χ1) is 8.18. The third-order valence-electron chi connectivity index (χ3n) is 2.63. The van der Waals surface area contributed by atoms with Crippen molar-refractivity contribution in [2.45, 2.75) is 20.0 Å². The van der Waals surface area contributed by atoms with E-state index in [0.717, 1.165) is 36.0 Å². The van der Waals surface area contributed by atoms with Crippen molar-refractivity contribution < 1.29 is 0 Å². The van der Waals surface area contributed by atoms with Crippen LogP contribution < -0.4 is 5.32 Å². The number of nitrogens with zero attached hydrogens (tertiary/aromatic N) is 4. The molecule has 0 fully saturated rings. The zero-order valence-corrected chi connectivity index (χ0v) is 10.8. The summed E-state index contributed by atoms with van der Waals surface area (Å²) in [5.74, 6) is 0. The molecular weight excluding hydrogens is 238 g/mol. The summed E-state index contributed by atoms with van der Waals surface area (Å²) in [5, 5.41) is 12.5. The Morgan fingerprint density at radius 2 is 2.29 bits per heavy atom. The molecule has 0 aromatic carbocycles. The van der Waals surface area contributed by atoms with Gasteiger partial charge in [0.25, 0.3) is 0 Å². The molecule has 1 N–H and O–H groups in total. The van der Waals surface area contributed by atoms with Gasteiger partial charge in [-0.2, -0.15) is 10.2 Å². The van der Waals surface area contributed by atoms with Gasteiger partial charge in [0.1, 0.15) is 0 Å². The summed E-state index contributed by atoms with van der Waals surface area (Å²) in [6.45, 7) is 4.33. The smallest absolute Gasteiger partial charge is 0.0860 e. The SMILES string of the molecule is Cc1nn(C)c(CNCCn2cccn2)c1Cl. The van der Waals surface area contributed by atoms with Crippen LogP contribution in [0, 0.1) is 6.92 Å². The molecule has 0 amide bonds. The molecule has 17 heavy (non-hydrogen) atoms. The van der Waals surface area contributed by atoms with Crippen molar-refractivity contribution in [3.8, 4) is 0 Å². The second-order valence-corrected chi connectivity index (χ2v) is 4.29. The molecule has 0 spiro atoms. The number of aromatic nitrogens is 4. The summed E-state index contributed by atoms with van der Waals surface area (Å²) in [5.41, 5.74) is 1.89.